The zero-order valence-electron chi connectivity index (χ0n) is 8.77. The number of amides is 1. The zero-order chi connectivity index (χ0) is 12.3. The molecule has 8 heteroatoms. The first-order valence-electron chi connectivity index (χ1n) is 4.59. The predicted octanol–water partition coefficient (Wildman–Crippen LogP) is 1.95. The van der Waals surface area contributed by atoms with E-state index < -0.39 is 6.09 Å². The van der Waals surface area contributed by atoms with Crippen LogP contribution >= 0.6 is 15.9 Å². The van der Waals surface area contributed by atoms with Crippen molar-refractivity contribution < 1.29 is 18.5 Å². The Hall–Kier alpha value is -1.83. The summed E-state index contributed by atoms with van der Waals surface area (Å²) >= 11 is 3.17. The van der Waals surface area contributed by atoms with E-state index in [1.807, 2.05) is 0 Å². The van der Waals surface area contributed by atoms with Gasteiger partial charge in [0.05, 0.1) is 7.11 Å². The molecule has 0 spiro atoms. The lowest BCUT2D eigenvalue weighted by molar-refractivity contribution is 0.169. The maximum absolute atomic E-state index is 10.8. The molecule has 90 valence electrons. The van der Waals surface area contributed by atoms with Crippen LogP contribution in [0.2, 0.25) is 0 Å². The number of rotatable bonds is 3. The van der Waals surface area contributed by atoms with Crippen LogP contribution in [0.1, 0.15) is 5.89 Å². The minimum absolute atomic E-state index is 0.0988. The summed E-state index contributed by atoms with van der Waals surface area (Å²) in [5, 5.41) is 6.13. The van der Waals surface area contributed by atoms with Crippen molar-refractivity contribution in [3.63, 3.8) is 0 Å². The minimum Gasteiger partial charge on any atom is -0.453 e. The van der Waals surface area contributed by atoms with E-state index in [1.54, 1.807) is 12.1 Å². The van der Waals surface area contributed by atoms with Crippen molar-refractivity contribution in [3.8, 4) is 11.6 Å². The van der Waals surface area contributed by atoms with Crippen LogP contribution in [0, 0.1) is 0 Å². The Morgan fingerprint density at radius 1 is 1.59 bits per heavy atom. The van der Waals surface area contributed by atoms with Gasteiger partial charge in [-0.3, -0.25) is 0 Å². The average molecular weight is 302 g/mol. The van der Waals surface area contributed by atoms with Crippen molar-refractivity contribution in [2.75, 3.05) is 7.11 Å². The van der Waals surface area contributed by atoms with Crippen molar-refractivity contribution in [2.24, 2.45) is 0 Å². The number of nitrogens with one attached hydrogen (secondary N) is 1. The van der Waals surface area contributed by atoms with E-state index in [2.05, 4.69) is 36.1 Å². The highest BCUT2D eigenvalue weighted by Gasteiger charge is 2.12. The quantitative estimate of drug-likeness (QED) is 0.932. The lowest BCUT2D eigenvalue weighted by Crippen LogP contribution is -2.22. The normalized spacial score (nSPS) is 10.2. The molecule has 0 atom stereocenters. The van der Waals surface area contributed by atoms with Crippen LogP contribution in [-0.4, -0.2) is 23.3 Å². The summed E-state index contributed by atoms with van der Waals surface area (Å²) in [6.45, 7) is 0.0988. The topological polar surface area (TPSA) is 90.4 Å². The number of ether oxygens (including phenoxy) is 1. The molecule has 0 saturated carbocycles. The number of hydrogen-bond donors (Lipinski definition) is 1. The molecule has 7 nitrogen and oxygen atoms in total. The highest BCUT2D eigenvalue weighted by Crippen LogP contribution is 2.22. The molecule has 0 fully saturated rings. The van der Waals surface area contributed by atoms with Gasteiger partial charge in [-0.05, 0) is 28.1 Å². The Balaban J connectivity index is 2.03. The minimum atomic E-state index is -0.564. The molecule has 1 amide bonds. The lowest BCUT2D eigenvalue weighted by Gasteiger charge is -1.97. The lowest BCUT2D eigenvalue weighted by atomic mass is 10.4. The smallest absolute Gasteiger partial charge is 0.407 e. The first kappa shape index (κ1) is 11.6. The van der Waals surface area contributed by atoms with E-state index >= 15 is 0 Å². The van der Waals surface area contributed by atoms with Crippen molar-refractivity contribution in [1.29, 1.82) is 0 Å². The van der Waals surface area contributed by atoms with Crippen LogP contribution in [0.5, 0.6) is 0 Å². The van der Waals surface area contributed by atoms with Crippen LogP contribution < -0.4 is 5.32 Å². The van der Waals surface area contributed by atoms with Crippen molar-refractivity contribution >= 4 is 22.0 Å². The fourth-order valence-corrected chi connectivity index (χ4v) is 1.39. The van der Waals surface area contributed by atoms with Gasteiger partial charge in [0.2, 0.25) is 11.7 Å². The second kappa shape index (κ2) is 5.00. The summed E-state index contributed by atoms with van der Waals surface area (Å²) in [5.41, 5.74) is 0. The van der Waals surface area contributed by atoms with Gasteiger partial charge in [-0.2, -0.15) is 4.98 Å². The molecule has 2 aromatic heterocycles. The van der Waals surface area contributed by atoms with Gasteiger partial charge in [0.25, 0.3) is 0 Å². The van der Waals surface area contributed by atoms with E-state index in [-0.39, 0.29) is 12.4 Å². The largest absolute Gasteiger partial charge is 0.453 e. The summed E-state index contributed by atoms with van der Waals surface area (Å²) in [6.07, 6.45) is -0.564. The molecule has 0 saturated heterocycles. The second-order valence-corrected chi connectivity index (χ2v) is 3.74. The van der Waals surface area contributed by atoms with Crippen molar-refractivity contribution in [3.05, 3.63) is 22.7 Å². The van der Waals surface area contributed by atoms with Gasteiger partial charge >= 0.3 is 6.09 Å². The first-order valence-corrected chi connectivity index (χ1v) is 5.38. The first-order chi connectivity index (χ1) is 8.19. The van der Waals surface area contributed by atoms with Gasteiger partial charge in [-0.15, -0.1) is 0 Å². The van der Waals surface area contributed by atoms with E-state index in [4.69, 9.17) is 8.94 Å². The van der Waals surface area contributed by atoms with Gasteiger partial charge in [-0.1, -0.05) is 5.16 Å². The Morgan fingerprint density at radius 3 is 3.06 bits per heavy atom. The molecule has 2 heterocycles. The SMILES string of the molecule is COC(=O)NCc1nc(-c2ccc(Br)o2)no1. The molecule has 2 rings (SSSR count). The Kier molecular flexibility index (Phi) is 3.43. The number of furan rings is 1. The van der Waals surface area contributed by atoms with Gasteiger partial charge < -0.3 is 19.0 Å². The molecule has 0 bridgehead atoms. The van der Waals surface area contributed by atoms with Crippen LogP contribution in [0.25, 0.3) is 11.6 Å². The molecule has 2 aromatic rings. The van der Waals surface area contributed by atoms with E-state index in [9.17, 15) is 4.79 Å². The summed E-state index contributed by atoms with van der Waals surface area (Å²) < 4.78 is 15.1. The van der Waals surface area contributed by atoms with Gasteiger partial charge in [0, 0.05) is 0 Å². The third-order valence-electron chi connectivity index (χ3n) is 1.83. The van der Waals surface area contributed by atoms with Gasteiger partial charge in [0.1, 0.15) is 6.54 Å². The number of nitrogens with zero attached hydrogens (tertiary/aromatic N) is 2. The highest BCUT2D eigenvalue weighted by atomic mass is 79.9. The standard InChI is InChI=1S/C9H8BrN3O4/c1-15-9(14)11-4-7-12-8(13-17-7)5-2-3-6(10)16-5/h2-3H,4H2,1H3,(H,11,14). The number of carbonyl (C=O) groups excluding carboxylic acids is 1. The zero-order valence-corrected chi connectivity index (χ0v) is 10.4. The number of aromatic nitrogens is 2. The maximum atomic E-state index is 10.8. The number of methoxy groups -OCH3 is 1. The summed E-state index contributed by atoms with van der Waals surface area (Å²) in [7, 11) is 1.27. The fourth-order valence-electron chi connectivity index (χ4n) is 1.08. The second-order valence-electron chi connectivity index (χ2n) is 2.96. The van der Waals surface area contributed by atoms with Gasteiger partial charge in [0.15, 0.2) is 10.4 Å². The monoisotopic (exact) mass is 301 g/mol. The maximum Gasteiger partial charge on any atom is 0.407 e. The summed E-state index contributed by atoms with van der Waals surface area (Å²) in [5.74, 6) is 1.06. The highest BCUT2D eigenvalue weighted by molar-refractivity contribution is 9.10. The van der Waals surface area contributed by atoms with Crippen LogP contribution in [0.3, 0.4) is 0 Å². The molecule has 0 radical (unpaired) electrons. The molecule has 0 aliphatic heterocycles. The molecular formula is C9H8BrN3O4. The average Bonchev–Trinajstić information content (AvgIpc) is 2.94. The number of halogens is 1. The Bertz CT molecular complexity index is 522. The van der Waals surface area contributed by atoms with Crippen molar-refractivity contribution in [1.82, 2.24) is 15.5 Å². The molecular weight excluding hydrogens is 294 g/mol. The molecule has 1 N–H and O–H groups in total. The van der Waals surface area contributed by atoms with E-state index in [1.165, 1.54) is 7.11 Å². The van der Waals surface area contributed by atoms with Crippen LogP contribution in [0.15, 0.2) is 25.7 Å². The Morgan fingerprint density at radius 2 is 2.41 bits per heavy atom. The molecule has 0 unspecified atom stereocenters. The fraction of sp³-hybridized carbons (Fsp3) is 0.222. The number of carbonyl (C=O) groups is 1. The van der Waals surface area contributed by atoms with Crippen molar-refractivity contribution in [2.45, 2.75) is 6.54 Å². The van der Waals surface area contributed by atoms with Crippen LogP contribution in [0.4, 0.5) is 4.79 Å². The summed E-state index contributed by atoms with van der Waals surface area (Å²) in [4.78, 5) is 14.9. The third-order valence-corrected chi connectivity index (χ3v) is 2.26. The van der Waals surface area contributed by atoms with Gasteiger partial charge in [-0.25, -0.2) is 4.79 Å². The predicted molar refractivity (Wildman–Crippen MR) is 58.9 cm³/mol. The van der Waals surface area contributed by atoms with Crippen LogP contribution in [-0.2, 0) is 11.3 Å². The van der Waals surface area contributed by atoms with E-state index in [0.717, 1.165) is 0 Å². The van der Waals surface area contributed by atoms with E-state index in [0.29, 0.717) is 16.3 Å². The summed E-state index contributed by atoms with van der Waals surface area (Å²) in [6, 6.07) is 3.42. The molecule has 17 heavy (non-hydrogen) atoms. The Labute approximate surface area is 104 Å². The molecule has 0 aliphatic rings. The third kappa shape index (κ3) is 2.84. The number of alkyl carbamates (subject to hydrolysis) is 1. The molecule has 0 aromatic carbocycles. The molecule has 0 aliphatic carbocycles. The number of hydrogen-bond acceptors (Lipinski definition) is 6.